The Morgan fingerprint density at radius 3 is 2.38 bits per heavy atom. The lowest BCUT2D eigenvalue weighted by Gasteiger charge is -2.33. The molecule has 92 valence electrons. The van der Waals surface area contributed by atoms with Gasteiger partial charge in [-0.2, -0.15) is 0 Å². The van der Waals surface area contributed by atoms with Gasteiger partial charge in [0.2, 0.25) is 0 Å². The molecule has 3 heteroatoms. The summed E-state index contributed by atoms with van der Waals surface area (Å²) in [6.45, 7) is 1.65. The summed E-state index contributed by atoms with van der Waals surface area (Å²) in [5.74, 6) is 0.334. The Kier molecular flexibility index (Phi) is 4.22. The number of ether oxygens (including phenoxy) is 1. The van der Waals surface area contributed by atoms with Crippen molar-refractivity contribution in [3.8, 4) is 0 Å². The van der Waals surface area contributed by atoms with Gasteiger partial charge in [-0.1, -0.05) is 19.3 Å². The van der Waals surface area contributed by atoms with Gasteiger partial charge in [-0.15, -0.1) is 0 Å². The molecule has 1 saturated carbocycles. The molecule has 0 aromatic heterocycles. The Bertz CT molecular complexity index is 233. The molecule has 0 aromatic carbocycles. The first-order valence-electron chi connectivity index (χ1n) is 6.59. The lowest BCUT2D eigenvalue weighted by molar-refractivity contribution is -0.145. The second kappa shape index (κ2) is 5.67. The van der Waals surface area contributed by atoms with E-state index in [1.54, 1.807) is 0 Å². The summed E-state index contributed by atoms with van der Waals surface area (Å²) in [7, 11) is 0. The van der Waals surface area contributed by atoms with Crippen LogP contribution < -0.4 is 0 Å². The van der Waals surface area contributed by atoms with E-state index in [9.17, 15) is 9.90 Å². The van der Waals surface area contributed by atoms with E-state index in [0.29, 0.717) is 11.8 Å². The lowest BCUT2D eigenvalue weighted by Crippen LogP contribution is -2.32. The van der Waals surface area contributed by atoms with Gasteiger partial charge in [-0.05, 0) is 37.5 Å². The monoisotopic (exact) mass is 226 g/mol. The van der Waals surface area contributed by atoms with Crippen LogP contribution in [0.25, 0.3) is 0 Å². The van der Waals surface area contributed by atoms with Gasteiger partial charge in [0.1, 0.15) is 0 Å². The highest BCUT2D eigenvalue weighted by Gasteiger charge is 2.35. The summed E-state index contributed by atoms with van der Waals surface area (Å²) < 4.78 is 5.37. The average molecular weight is 226 g/mol. The molecule has 3 nitrogen and oxygen atoms in total. The molecular weight excluding hydrogens is 204 g/mol. The minimum absolute atomic E-state index is 0.0920. The van der Waals surface area contributed by atoms with Crippen molar-refractivity contribution in [2.24, 2.45) is 17.8 Å². The van der Waals surface area contributed by atoms with E-state index in [4.69, 9.17) is 4.74 Å². The van der Waals surface area contributed by atoms with Crippen LogP contribution >= 0.6 is 0 Å². The maximum atomic E-state index is 11.3. The van der Waals surface area contributed by atoms with E-state index in [1.807, 2.05) is 0 Å². The van der Waals surface area contributed by atoms with Crippen molar-refractivity contribution in [2.75, 3.05) is 13.2 Å². The smallest absolute Gasteiger partial charge is 0.306 e. The number of hydrogen-bond acceptors (Lipinski definition) is 2. The largest absolute Gasteiger partial charge is 0.481 e. The molecule has 2 rings (SSSR count). The molecule has 1 N–H and O–H groups in total. The lowest BCUT2D eigenvalue weighted by atomic mass is 9.75. The topological polar surface area (TPSA) is 46.5 Å². The van der Waals surface area contributed by atoms with Gasteiger partial charge in [0, 0.05) is 13.2 Å². The molecular formula is C13H22O3. The predicted molar refractivity (Wildman–Crippen MR) is 61.2 cm³/mol. The second-order valence-corrected chi connectivity index (χ2v) is 5.20. The van der Waals surface area contributed by atoms with E-state index < -0.39 is 5.97 Å². The molecule has 1 heterocycles. The summed E-state index contributed by atoms with van der Waals surface area (Å²) in [6, 6.07) is 0. The quantitative estimate of drug-likeness (QED) is 0.736. The molecule has 0 radical (unpaired) electrons. The van der Waals surface area contributed by atoms with Gasteiger partial charge >= 0.3 is 5.97 Å². The van der Waals surface area contributed by atoms with Crippen LogP contribution in [0.15, 0.2) is 0 Å². The summed E-state index contributed by atoms with van der Waals surface area (Å²) >= 11 is 0. The highest BCUT2D eigenvalue weighted by atomic mass is 16.5. The number of aliphatic carboxylic acids is 1. The van der Waals surface area contributed by atoms with Crippen molar-refractivity contribution in [1.82, 2.24) is 0 Å². The molecule has 0 spiro atoms. The molecule has 0 bridgehead atoms. The van der Waals surface area contributed by atoms with Gasteiger partial charge in [-0.25, -0.2) is 0 Å². The number of rotatable bonds is 2. The average Bonchev–Trinajstić information content (AvgIpc) is 2.55. The van der Waals surface area contributed by atoms with Crippen LogP contribution in [0.5, 0.6) is 0 Å². The maximum Gasteiger partial charge on any atom is 0.306 e. The Labute approximate surface area is 97.2 Å². The van der Waals surface area contributed by atoms with Crippen LogP contribution in [0.2, 0.25) is 0 Å². The fourth-order valence-electron chi connectivity index (χ4n) is 3.35. The molecule has 1 aliphatic heterocycles. The summed E-state index contributed by atoms with van der Waals surface area (Å²) in [5, 5.41) is 9.33. The molecule has 2 fully saturated rings. The van der Waals surface area contributed by atoms with Gasteiger partial charge in [0.05, 0.1) is 5.92 Å². The van der Waals surface area contributed by atoms with E-state index in [0.717, 1.165) is 45.3 Å². The number of carboxylic acid groups (broad SMARTS) is 1. The third-order valence-electron chi connectivity index (χ3n) is 4.26. The van der Waals surface area contributed by atoms with Crippen molar-refractivity contribution in [3.05, 3.63) is 0 Å². The Hall–Kier alpha value is -0.570. The van der Waals surface area contributed by atoms with E-state index >= 15 is 0 Å². The van der Waals surface area contributed by atoms with Crippen LogP contribution in [0, 0.1) is 17.8 Å². The Morgan fingerprint density at radius 2 is 1.69 bits per heavy atom. The van der Waals surface area contributed by atoms with Crippen molar-refractivity contribution in [3.63, 3.8) is 0 Å². The Morgan fingerprint density at radius 1 is 1.00 bits per heavy atom. The molecule has 0 amide bonds. The molecule has 0 aromatic rings. The zero-order valence-corrected chi connectivity index (χ0v) is 9.86. The molecule has 2 atom stereocenters. The predicted octanol–water partition coefficient (Wildman–Crippen LogP) is 2.69. The molecule has 2 aliphatic rings. The van der Waals surface area contributed by atoms with Crippen molar-refractivity contribution < 1.29 is 14.6 Å². The van der Waals surface area contributed by atoms with E-state index in [1.165, 1.54) is 12.8 Å². The van der Waals surface area contributed by atoms with E-state index in [-0.39, 0.29) is 5.92 Å². The van der Waals surface area contributed by atoms with Gasteiger partial charge in [0.15, 0.2) is 0 Å². The number of carbonyl (C=O) groups is 1. The summed E-state index contributed by atoms with van der Waals surface area (Å²) in [4.78, 5) is 11.3. The standard InChI is InChI=1S/C13H22O3/c14-13(15)12-5-3-1-2-4-11(12)10-6-8-16-9-7-10/h10-12H,1-9H2,(H,14,15). The maximum absolute atomic E-state index is 11.3. The highest BCUT2D eigenvalue weighted by molar-refractivity contribution is 5.70. The van der Waals surface area contributed by atoms with Gasteiger partial charge < -0.3 is 9.84 Å². The van der Waals surface area contributed by atoms with Crippen LogP contribution in [0.1, 0.15) is 44.9 Å². The first kappa shape index (κ1) is 11.9. The zero-order valence-electron chi connectivity index (χ0n) is 9.86. The van der Waals surface area contributed by atoms with Crippen LogP contribution in [0.4, 0.5) is 0 Å². The number of carboxylic acids is 1. The van der Waals surface area contributed by atoms with Crippen molar-refractivity contribution >= 4 is 5.97 Å². The van der Waals surface area contributed by atoms with Crippen molar-refractivity contribution in [1.29, 1.82) is 0 Å². The zero-order chi connectivity index (χ0) is 11.4. The third kappa shape index (κ3) is 2.76. The SMILES string of the molecule is O=C(O)C1CCCCCC1C1CCOCC1. The second-order valence-electron chi connectivity index (χ2n) is 5.20. The first-order valence-corrected chi connectivity index (χ1v) is 6.59. The molecule has 2 unspecified atom stereocenters. The minimum Gasteiger partial charge on any atom is -0.481 e. The minimum atomic E-state index is -0.571. The third-order valence-corrected chi connectivity index (χ3v) is 4.26. The highest BCUT2D eigenvalue weighted by Crippen LogP contribution is 2.38. The van der Waals surface area contributed by atoms with Crippen LogP contribution in [-0.2, 0) is 9.53 Å². The first-order chi connectivity index (χ1) is 7.79. The van der Waals surface area contributed by atoms with Crippen molar-refractivity contribution in [2.45, 2.75) is 44.9 Å². The summed E-state index contributed by atoms with van der Waals surface area (Å²) in [5.41, 5.74) is 0. The molecule has 16 heavy (non-hydrogen) atoms. The van der Waals surface area contributed by atoms with Crippen LogP contribution in [0.3, 0.4) is 0 Å². The fraction of sp³-hybridized carbons (Fsp3) is 0.923. The fourth-order valence-corrected chi connectivity index (χ4v) is 3.35. The number of hydrogen-bond donors (Lipinski definition) is 1. The molecule has 1 saturated heterocycles. The summed E-state index contributed by atoms with van der Waals surface area (Å²) in [6.07, 6.45) is 7.65. The molecule has 1 aliphatic carbocycles. The van der Waals surface area contributed by atoms with Gasteiger partial charge in [-0.3, -0.25) is 4.79 Å². The Balaban J connectivity index is 2.03. The normalized spacial score (nSPS) is 33.2. The van der Waals surface area contributed by atoms with Gasteiger partial charge in [0.25, 0.3) is 0 Å². The van der Waals surface area contributed by atoms with E-state index in [2.05, 4.69) is 0 Å². The van der Waals surface area contributed by atoms with Crippen LogP contribution in [-0.4, -0.2) is 24.3 Å².